The van der Waals surface area contributed by atoms with Crippen LogP contribution in [0.1, 0.15) is 36.3 Å². The highest BCUT2D eigenvalue weighted by molar-refractivity contribution is 5.85. The second-order valence-electron chi connectivity index (χ2n) is 8.68. The first-order valence-electron chi connectivity index (χ1n) is 11.5. The predicted molar refractivity (Wildman–Crippen MR) is 137 cm³/mol. The Kier molecular flexibility index (Phi) is 7.32. The number of nitriles is 1. The maximum Gasteiger partial charge on any atom is 0.314 e. The van der Waals surface area contributed by atoms with E-state index in [0.717, 1.165) is 30.0 Å². The lowest BCUT2D eigenvalue weighted by atomic mass is 10.1. The zero-order valence-electron chi connectivity index (χ0n) is 19.2. The number of amides is 2. The summed E-state index contributed by atoms with van der Waals surface area (Å²) < 4.78 is 0. The van der Waals surface area contributed by atoms with Gasteiger partial charge in [-0.25, -0.2) is 19.7 Å². The summed E-state index contributed by atoms with van der Waals surface area (Å²) in [7, 11) is 0. The van der Waals surface area contributed by atoms with E-state index in [4.69, 9.17) is 10.7 Å². The minimum absolute atomic E-state index is 0. The Morgan fingerprint density at radius 2 is 1.86 bits per heavy atom. The maximum absolute atomic E-state index is 11.6. The third-order valence-corrected chi connectivity index (χ3v) is 6.21. The number of pyridine rings is 3. The molecule has 1 aliphatic carbocycles. The number of nitrogens with one attached hydrogen (secondary N) is 1. The normalized spacial score (nSPS) is 15.5. The van der Waals surface area contributed by atoms with Crippen LogP contribution in [0.25, 0.3) is 11.3 Å². The van der Waals surface area contributed by atoms with Gasteiger partial charge in [0.2, 0.25) is 0 Å². The molecule has 0 bridgehead atoms. The summed E-state index contributed by atoms with van der Waals surface area (Å²) in [5, 5.41) is 12.4. The van der Waals surface area contributed by atoms with E-state index in [9.17, 15) is 10.1 Å². The molecule has 2 fully saturated rings. The summed E-state index contributed by atoms with van der Waals surface area (Å²) in [5.74, 6) is 2.70. The first-order valence-corrected chi connectivity index (χ1v) is 11.5. The van der Waals surface area contributed by atoms with Crippen molar-refractivity contribution in [1.82, 2.24) is 19.9 Å². The topological polar surface area (TPSA) is 124 Å². The predicted octanol–water partition coefficient (Wildman–Crippen LogP) is 4.04. The molecule has 180 valence electrons. The Morgan fingerprint density at radius 1 is 1.03 bits per heavy atom. The van der Waals surface area contributed by atoms with Gasteiger partial charge in [-0.2, -0.15) is 5.26 Å². The van der Waals surface area contributed by atoms with Gasteiger partial charge in [-0.1, -0.05) is 0 Å². The number of urea groups is 1. The van der Waals surface area contributed by atoms with Crippen molar-refractivity contribution in [1.29, 1.82) is 5.26 Å². The van der Waals surface area contributed by atoms with Crippen molar-refractivity contribution in [2.24, 2.45) is 5.73 Å². The van der Waals surface area contributed by atoms with Crippen LogP contribution in [0.15, 0.2) is 48.8 Å². The van der Waals surface area contributed by atoms with Gasteiger partial charge >= 0.3 is 6.03 Å². The van der Waals surface area contributed by atoms with Gasteiger partial charge in [0.25, 0.3) is 0 Å². The SMILES string of the molecule is Cl.N#Cc1ccnc(Nc2cc(C3CC3)cc(-c3ccnc(N4CCCN(C(N)=O)CC4)c3)n2)c1. The van der Waals surface area contributed by atoms with E-state index in [0.29, 0.717) is 42.8 Å². The fourth-order valence-corrected chi connectivity index (χ4v) is 4.23. The number of hydrogen-bond donors (Lipinski definition) is 2. The zero-order chi connectivity index (χ0) is 23.5. The Hall–Kier alpha value is -3.90. The van der Waals surface area contributed by atoms with Gasteiger partial charge in [-0.15, -0.1) is 12.4 Å². The molecule has 1 aliphatic heterocycles. The van der Waals surface area contributed by atoms with Crippen LogP contribution in [0, 0.1) is 11.3 Å². The van der Waals surface area contributed by atoms with Crippen molar-refractivity contribution in [3.8, 4) is 17.3 Å². The Morgan fingerprint density at radius 3 is 2.63 bits per heavy atom. The summed E-state index contributed by atoms with van der Waals surface area (Å²) in [4.78, 5) is 29.2. The summed E-state index contributed by atoms with van der Waals surface area (Å²) in [6.45, 7) is 2.73. The lowest BCUT2D eigenvalue weighted by Gasteiger charge is -2.22. The molecule has 3 N–H and O–H groups in total. The number of rotatable bonds is 5. The number of nitrogens with two attached hydrogens (primary N) is 1. The van der Waals surface area contributed by atoms with Crippen molar-refractivity contribution >= 4 is 35.9 Å². The smallest absolute Gasteiger partial charge is 0.314 e. The molecule has 10 heteroatoms. The lowest BCUT2D eigenvalue weighted by Crippen LogP contribution is -2.38. The van der Waals surface area contributed by atoms with E-state index in [1.165, 1.54) is 18.4 Å². The molecule has 0 radical (unpaired) electrons. The van der Waals surface area contributed by atoms with Crippen LogP contribution in [-0.4, -0.2) is 52.1 Å². The number of primary amides is 1. The standard InChI is InChI=1S/C25H26N8O.ClH/c26-16-17-4-6-28-22(12-17)31-23-14-20(18-2-3-18)13-21(30-23)19-5-7-29-24(15-19)32-8-1-9-33(11-10-32)25(27)34;/h4-7,12-15,18H,1-3,8-11H2,(H2,27,34)(H,28,30,31);1H. The third kappa shape index (κ3) is 5.78. The maximum atomic E-state index is 11.6. The van der Waals surface area contributed by atoms with Gasteiger partial charge in [0.05, 0.1) is 17.3 Å². The number of anilines is 3. The number of carbonyl (C=O) groups is 1. The molecule has 35 heavy (non-hydrogen) atoms. The van der Waals surface area contributed by atoms with Crippen LogP contribution < -0.4 is 16.0 Å². The van der Waals surface area contributed by atoms with Gasteiger partial charge in [0.15, 0.2) is 0 Å². The Balaban J connectivity index is 0.00000289. The van der Waals surface area contributed by atoms with Crippen LogP contribution >= 0.6 is 12.4 Å². The summed E-state index contributed by atoms with van der Waals surface area (Å²) >= 11 is 0. The highest BCUT2D eigenvalue weighted by atomic mass is 35.5. The van der Waals surface area contributed by atoms with Crippen molar-refractivity contribution in [2.75, 3.05) is 36.4 Å². The van der Waals surface area contributed by atoms with Gasteiger partial charge in [-0.3, -0.25) is 0 Å². The van der Waals surface area contributed by atoms with E-state index in [1.54, 1.807) is 29.4 Å². The molecule has 2 amide bonds. The molecule has 0 spiro atoms. The largest absolute Gasteiger partial charge is 0.355 e. The van der Waals surface area contributed by atoms with E-state index in [2.05, 4.69) is 44.5 Å². The molecule has 0 aromatic carbocycles. The van der Waals surface area contributed by atoms with Crippen molar-refractivity contribution in [3.05, 3.63) is 59.9 Å². The first-order chi connectivity index (χ1) is 16.6. The summed E-state index contributed by atoms with van der Waals surface area (Å²) in [6, 6.07) is 13.4. The summed E-state index contributed by atoms with van der Waals surface area (Å²) in [5.41, 5.74) is 9.10. The van der Waals surface area contributed by atoms with Crippen LogP contribution in [-0.2, 0) is 0 Å². The quantitative estimate of drug-likeness (QED) is 0.552. The van der Waals surface area contributed by atoms with Gasteiger partial charge in [0.1, 0.15) is 17.5 Å². The Labute approximate surface area is 210 Å². The second kappa shape index (κ2) is 10.6. The molecule has 1 saturated heterocycles. The van der Waals surface area contributed by atoms with Crippen LogP contribution in [0.2, 0.25) is 0 Å². The van der Waals surface area contributed by atoms with Crippen molar-refractivity contribution in [2.45, 2.75) is 25.2 Å². The van der Waals surface area contributed by atoms with E-state index in [-0.39, 0.29) is 18.4 Å². The zero-order valence-corrected chi connectivity index (χ0v) is 20.0. The molecule has 1 saturated carbocycles. The van der Waals surface area contributed by atoms with E-state index in [1.807, 2.05) is 6.07 Å². The molecular formula is C25H27ClN8O. The molecule has 3 aromatic rings. The molecular weight excluding hydrogens is 464 g/mol. The lowest BCUT2D eigenvalue weighted by molar-refractivity contribution is 0.211. The first kappa shape index (κ1) is 24.2. The van der Waals surface area contributed by atoms with Gasteiger partial charge < -0.3 is 20.9 Å². The summed E-state index contributed by atoms with van der Waals surface area (Å²) in [6.07, 6.45) is 6.61. The molecule has 3 aromatic heterocycles. The third-order valence-electron chi connectivity index (χ3n) is 6.21. The van der Waals surface area contributed by atoms with Gasteiger partial charge in [0, 0.05) is 44.1 Å². The number of nitrogens with zero attached hydrogens (tertiary/aromatic N) is 6. The highest BCUT2D eigenvalue weighted by Crippen LogP contribution is 2.42. The number of carbonyl (C=O) groups excluding carboxylic acids is 1. The van der Waals surface area contributed by atoms with Crippen LogP contribution in [0.3, 0.4) is 0 Å². The van der Waals surface area contributed by atoms with E-state index < -0.39 is 0 Å². The van der Waals surface area contributed by atoms with Crippen molar-refractivity contribution < 1.29 is 4.79 Å². The van der Waals surface area contributed by atoms with Crippen LogP contribution in [0.5, 0.6) is 0 Å². The fraction of sp³-hybridized carbons (Fsp3) is 0.320. The Bertz CT molecular complexity index is 1260. The average Bonchev–Trinajstić information content (AvgIpc) is 3.71. The molecule has 2 aliphatic rings. The number of halogens is 1. The highest BCUT2D eigenvalue weighted by Gasteiger charge is 2.25. The molecule has 9 nitrogen and oxygen atoms in total. The fourth-order valence-electron chi connectivity index (χ4n) is 4.23. The second-order valence-corrected chi connectivity index (χ2v) is 8.68. The average molecular weight is 491 g/mol. The van der Waals surface area contributed by atoms with Crippen LogP contribution in [0.4, 0.5) is 22.2 Å². The number of hydrogen-bond acceptors (Lipinski definition) is 7. The molecule has 4 heterocycles. The minimum atomic E-state index is -0.375. The molecule has 0 atom stereocenters. The minimum Gasteiger partial charge on any atom is -0.355 e. The van der Waals surface area contributed by atoms with E-state index >= 15 is 0 Å². The monoisotopic (exact) mass is 490 g/mol. The molecule has 0 unspecified atom stereocenters. The van der Waals surface area contributed by atoms with Crippen molar-refractivity contribution in [3.63, 3.8) is 0 Å². The van der Waals surface area contributed by atoms with Gasteiger partial charge in [-0.05, 0) is 67.1 Å². The molecule has 5 rings (SSSR count). The number of aromatic nitrogens is 3.